The van der Waals surface area contributed by atoms with Crippen molar-refractivity contribution in [3.63, 3.8) is 0 Å². The number of rotatable bonds is 3. The Labute approximate surface area is 132 Å². The molecular formula is C14H17ClFN3O3. The number of likely N-dealkylation sites (tertiary alicyclic amines) is 1. The SMILES string of the molecule is CC1(OC(=O)N2CCC(Oc3cc(Cl)ncn3)C(F)C2)CC1. The first-order valence-corrected chi connectivity index (χ1v) is 7.59. The van der Waals surface area contributed by atoms with Crippen molar-refractivity contribution in [2.75, 3.05) is 13.1 Å². The number of hydrogen-bond donors (Lipinski definition) is 0. The summed E-state index contributed by atoms with van der Waals surface area (Å²) in [6.07, 6.45) is 0.944. The van der Waals surface area contributed by atoms with E-state index >= 15 is 0 Å². The van der Waals surface area contributed by atoms with Crippen LogP contribution in [0.5, 0.6) is 5.88 Å². The van der Waals surface area contributed by atoms with Crippen molar-refractivity contribution >= 4 is 17.7 Å². The van der Waals surface area contributed by atoms with Gasteiger partial charge in [-0.2, -0.15) is 0 Å². The van der Waals surface area contributed by atoms with Gasteiger partial charge in [-0.1, -0.05) is 11.6 Å². The van der Waals surface area contributed by atoms with Crippen molar-refractivity contribution in [3.8, 4) is 5.88 Å². The van der Waals surface area contributed by atoms with E-state index in [1.54, 1.807) is 0 Å². The Kier molecular flexibility index (Phi) is 4.08. The lowest BCUT2D eigenvalue weighted by atomic mass is 10.1. The number of nitrogens with zero attached hydrogens (tertiary/aromatic N) is 3. The average molecular weight is 330 g/mol. The lowest BCUT2D eigenvalue weighted by molar-refractivity contribution is 0.00225. The molecule has 2 heterocycles. The molecule has 120 valence electrons. The van der Waals surface area contributed by atoms with Crippen LogP contribution in [0.25, 0.3) is 0 Å². The zero-order valence-electron chi connectivity index (χ0n) is 12.2. The smallest absolute Gasteiger partial charge is 0.410 e. The van der Waals surface area contributed by atoms with Gasteiger partial charge in [0.2, 0.25) is 5.88 Å². The molecule has 1 aliphatic carbocycles. The van der Waals surface area contributed by atoms with Gasteiger partial charge in [-0.15, -0.1) is 0 Å². The summed E-state index contributed by atoms with van der Waals surface area (Å²) in [6.45, 7) is 2.23. The third-order valence-electron chi connectivity index (χ3n) is 3.91. The van der Waals surface area contributed by atoms with Crippen molar-refractivity contribution in [1.29, 1.82) is 0 Å². The Morgan fingerprint density at radius 1 is 1.50 bits per heavy atom. The van der Waals surface area contributed by atoms with E-state index in [0.29, 0.717) is 13.0 Å². The van der Waals surface area contributed by atoms with Crippen molar-refractivity contribution in [3.05, 3.63) is 17.5 Å². The quantitative estimate of drug-likeness (QED) is 0.798. The standard InChI is InChI=1S/C14H17ClFN3O3/c1-14(3-4-14)22-13(20)19-5-2-10(9(16)7-19)21-12-6-11(15)17-8-18-12/h6,8-10H,2-5,7H2,1H3. The minimum absolute atomic E-state index is 0.0433. The van der Waals surface area contributed by atoms with Gasteiger partial charge >= 0.3 is 6.09 Å². The monoisotopic (exact) mass is 329 g/mol. The van der Waals surface area contributed by atoms with Crippen LogP contribution in [0, 0.1) is 0 Å². The summed E-state index contributed by atoms with van der Waals surface area (Å²) in [4.78, 5) is 21.0. The maximum atomic E-state index is 14.2. The molecule has 1 amide bonds. The van der Waals surface area contributed by atoms with Gasteiger partial charge in [-0.05, 0) is 19.8 Å². The number of halogens is 2. The first-order valence-electron chi connectivity index (χ1n) is 7.21. The van der Waals surface area contributed by atoms with Gasteiger partial charge in [0.15, 0.2) is 6.17 Å². The summed E-state index contributed by atoms with van der Waals surface area (Å²) < 4.78 is 25.1. The molecule has 1 aliphatic heterocycles. The third-order valence-corrected chi connectivity index (χ3v) is 4.12. The van der Waals surface area contributed by atoms with Crippen LogP contribution < -0.4 is 4.74 Å². The number of aromatic nitrogens is 2. The largest absolute Gasteiger partial charge is 0.471 e. The fourth-order valence-electron chi connectivity index (χ4n) is 2.27. The van der Waals surface area contributed by atoms with Crippen molar-refractivity contribution in [1.82, 2.24) is 14.9 Å². The normalized spacial score (nSPS) is 26.4. The third kappa shape index (κ3) is 3.58. The average Bonchev–Trinajstić information content (AvgIpc) is 3.18. The Morgan fingerprint density at radius 2 is 2.27 bits per heavy atom. The molecule has 6 nitrogen and oxygen atoms in total. The second kappa shape index (κ2) is 5.87. The molecule has 1 saturated carbocycles. The number of amides is 1. The van der Waals surface area contributed by atoms with Gasteiger partial charge in [0.05, 0.1) is 6.54 Å². The number of alkyl halides is 1. The highest BCUT2D eigenvalue weighted by molar-refractivity contribution is 6.29. The van der Waals surface area contributed by atoms with Crippen molar-refractivity contribution < 1.29 is 18.7 Å². The Balaban J connectivity index is 1.54. The van der Waals surface area contributed by atoms with Crippen molar-refractivity contribution in [2.24, 2.45) is 0 Å². The van der Waals surface area contributed by atoms with Crippen LogP contribution in [0.4, 0.5) is 9.18 Å². The highest BCUT2D eigenvalue weighted by atomic mass is 35.5. The zero-order valence-corrected chi connectivity index (χ0v) is 12.9. The van der Waals surface area contributed by atoms with Crippen LogP contribution >= 0.6 is 11.6 Å². The predicted molar refractivity (Wildman–Crippen MR) is 76.7 cm³/mol. The van der Waals surface area contributed by atoms with Gasteiger partial charge in [0, 0.05) is 19.0 Å². The molecular weight excluding hydrogens is 313 g/mol. The molecule has 1 aromatic rings. The summed E-state index contributed by atoms with van der Waals surface area (Å²) in [6, 6.07) is 1.43. The number of piperidine rings is 1. The summed E-state index contributed by atoms with van der Waals surface area (Å²) in [7, 11) is 0. The molecule has 2 aliphatic rings. The number of carbonyl (C=O) groups is 1. The molecule has 3 rings (SSSR count). The van der Waals surface area contributed by atoms with E-state index in [0.717, 1.165) is 12.8 Å². The molecule has 0 bridgehead atoms. The Bertz CT molecular complexity index is 570. The van der Waals surface area contributed by atoms with E-state index in [1.165, 1.54) is 17.3 Å². The van der Waals surface area contributed by atoms with Gasteiger partial charge < -0.3 is 14.4 Å². The topological polar surface area (TPSA) is 64.5 Å². The van der Waals surface area contributed by atoms with E-state index in [2.05, 4.69) is 9.97 Å². The molecule has 0 aromatic carbocycles. The molecule has 2 fully saturated rings. The van der Waals surface area contributed by atoms with Crippen LogP contribution in [0.15, 0.2) is 12.4 Å². The summed E-state index contributed by atoms with van der Waals surface area (Å²) in [5.74, 6) is 0.231. The van der Waals surface area contributed by atoms with E-state index in [4.69, 9.17) is 21.1 Å². The second-order valence-corrected chi connectivity index (χ2v) is 6.29. The van der Waals surface area contributed by atoms with Crippen LogP contribution in [0.3, 0.4) is 0 Å². The molecule has 22 heavy (non-hydrogen) atoms. The maximum absolute atomic E-state index is 14.2. The van der Waals surface area contributed by atoms with Gasteiger partial charge in [-0.3, -0.25) is 0 Å². The van der Waals surface area contributed by atoms with Gasteiger partial charge in [0.1, 0.15) is 23.2 Å². The van der Waals surface area contributed by atoms with E-state index < -0.39 is 18.4 Å². The zero-order chi connectivity index (χ0) is 15.7. The van der Waals surface area contributed by atoms with Crippen molar-refractivity contribution in [2.45, 2.75) is 44.1 Å². The molecule has 2 unspecified atom stereocenters. The molecule has 8 heteroatoms. The second-order valence-electron chi connectivity index (χ2n) is 5.90. The number of hydrogen-bond acceptors (Lipinski definition) is 5. The van der Waals surface area contributed by atoms with E-state index in [9.17, 15) is 9.18 Å². The predicted octanol–water partition coefficient (Wildman–Crippen LogP) is 2.61. The minimum atomic E-state index is -1.30. The molecule has 0 radical (unpaired) electrons. The first-order chi connectivity index (χ1) is 10.5. The highest BCUT2D eigenvalue weighted by Crippen LogP contribution is 2.39. The fourth-order valence-corrected chi connectivity index (χ4v) is 2.41. The summed E-state index contributed by atoms with van der Waals surface area (Å²) in [5, 5.41) is 0.235. The lowest BCUT2D eigenvalue weighted by Gasteiger charge is -2.34. The number of carbonyl (C=O) groups excluding carboxylic acids is 1. The van der Waals surface area contributed by atoms with Crippen LogP contribution in [0.1, 0.15) is 26.2 Å². The molecule has 1 aromatic heterocycles. The Morgan fingerprint density at radius 3 is 2.91 bits per heavy atom. The Hall–Kier alpha value is -1.63. The fraction of sp³-hybridized carbons (Fsp3) is 0.643. The first kappa shape index (κ1) is 15.3. The summed E-state index contributed by atoms with van der Waals surface area (Å²) in [5.41, 5.74) is -0.353. The highest BCUT2D eigenvalue weighted by Gasteiger charge is 2.44. The van der Waals surface area contributed by atoms with E-state index in [1.807, 2.05) is 6.92 Å². The van der Waals surface area contributed by atoms with Crippen LogP contribution in [0.2, 0.25) is 5.15 Å². The lowest BCUT2D eigenvalue weighted by Crippen LogP contribution is -2.50. The molecule has 1 saturated heterocycles. The van der Waals surface area contributed by atoms with Crippen LogP contribution in [-0.4, -0.2) is 51.9 Å². The minimum Gasteiger partial charge on any atom is -0.471 e. The van der Waals surface area contributed by atoms with Gasteiger partial charge in [0.25, 0.3) is 0 Å². The summed E-state index contributed by atoms with van der Waals surface area (Å²) >= 11 is 5.74. The number of ether oxygens (including phenoxy) is 2. The molecule has 0 N–H and O–H groups in total. The van der Waals surface area contributed by atoms with Gasteiger partial charge in [-0.25, -0.2) is 19.2 Å². The molecule has 2 atom stereocenters. The molecule has 0 spiro atoms. The van der Waals surface area contributed by atoms with E-state index in [-0.39, 0.29) is 23.2 Å². The van der Waals surface area contributed by atoms with Crippen LogP contribution in [-0.2, 0) is 4.74 Å². The maximum Gasteiger partial charge on any atom is 0.410 e.